The smallest absolute Gasteiger partial charge is 0.123 e. The summed E-state index contributed by atoms with van der Waals surface area (Å²) in [7, 11) is 0. The average Bonchev–Trinajstić information content (AvgIpc) is 2.77. The number of nitrogens with zero attached hydrogens (tertiary/aromatic N) is 2. The number of nitrogens with one attached hydrogen (secondary N) is 1. The maximum absolute atomic E-state index is 13.2. The van der Waals surface area contributed by atoms with Crippen molar-refractivity contribution >= 4 is 5.69 Å². The molecule has 2 heterocycles. The van der Waals surface area contributed by atoms with Crippen LogP contribution < -0.4 is 10.2 Å². The number of benzene rings is 1. The quantitative estimate of drug-likeness (QED) is 0.902. The molecule has 21 heavy (non-hydrogen) atoms. The summed E-state index contributed by atoms with van der Waals surface area (Å²) in [6.07, 6.45) is 3.70. The minimum Gasteiger partial charge on any atom is -0.371 e. The van der Waals surface area contributed by atoms with Gasteiger partial charge in [-0.25, -0.2) is 4.39 Å². The summed E-state index contributed by atoms with van der Waals surface area (Å²) >= 11 is 0. The zero-order chi connectivity index (χ0) is 14.7. The Morgan fingerprint density at radius 2 is 1.90 bits per heavy atom. The maximum atomic E-state index is 13.2. The molecule has 2 aliphatic rings. The number of piperidine rings is 1. The molecule has 0 spiro atoms. The van der Waals surface area contributed by atoms with Gasteiger partial charge in [-0.05, 0) is 63.0 Å². The molecule has 3 rings (SSSR count). The molecule has 3 nitrogen and oxygen atoms in total. The average molecular weight is 291 g/mol. The third-order valence-electron chi connectivity index (χ3n) is 4.86. The van der Waals surface area contributed by atoms with Gasteiger partial charge < -0.3 is 10.2 Å². The van der Waals surface area contributed by atoms with Crippen LogP contribution in [-0.2, 0) is 0 Å². The van der Waals surface area contributed by atoms with E-state index in [1.54, 1.807) is 12.1 Å². The summed E-state index contributed by atoms with van der Waals surface area (Å²) in [4.78, 5) is 5.08. The number of hydrogen-bond acceptors (Lipinski definition) is 3. The van der Waals surface area contributed by atoms with E-state index in [4.69, 9.17) is 0 Å². The SMILES string of the molecule is Cc1cc(F)ccc1N1CCC(N2CCCNCC2)CC1. The Morgan fingerprint density at radius 1 is 1.10 bits per heavy atom. The van der Waals surface area contributed by atoms with Gasteiger partial charge in [0.2, 0.25) is 0 Å². The predicted octanol–water partition coefficient (Wildman–Crippen LogP) is 2.40. The van der Waals surface area contributed by atoms with Gasteiger partial charge in [0.05, 0.1) is 0 Å². The molecule has 0 atom stereocenters. The van der Waals surface area contributed by atoms with Gasteiger partial charge in [-0.3, -0.25) is 4.90 Å². The number of anilines is 1. The normalized spacial score (nSPS) is 22.3. The van der Waals surface area contributed by atoms with Crippen LogP contribution in [0.25, 0.3) is 0 Å². The highest BCUT2D eigenvalue weighted by atomic mass is 19.1. The summed E-state index contributed by atoms with van der Waals surface area (Å²) in [5.41, 5.74) is 2.25. The van der Waals surface area contributed by atoms with Crippen molar-refractivity contribution in [3.05, 3.63) is 29.6 Å². The fourth-order valence-electron chi connectivity index (χ4n) is 3.68. The Labute approximate surface area is 127 Å². The van der Waals surface area contributed by atoms with Crippen molar-refractivity contribution < 1.29 is 4.39 Å². The van der Waals surface area contributed by atoms with Crippen LogP contribution in [0.15, 0.2) is 18.2 Å². The first-order valence-electron chi connectivity index (χ1n) is 8.20. The molecule has 2 aliphatic heterocycles. The van der Waals surface area contributed by atoms with Crippen LogP contribution in [0.3, 0.4) is 0 Å². The minimum atomic E-state index is -0.136. The summed E-state index contributed by atoms with van der Waals surface area (Å²) in [6, 6.07) is 5.87. The van der Waals surface area contributed by atoms with Crippen molar-refractivity contribution in [1.29, 1.82) is 0 Å². The molecule has 1 N–H and O–H groups in total. The Kier molecular flexibility index (Phi) is 4.76. The molecule has 2 fully saturated rings. The lowest BCUT2D eigenvalue weighted by Crippen LogP contribution is -2.46. The van der Waals surface area contributed by atoms with Gasteiger partial charge >= 0.3 is 0 Å². The predicted molar refractivity (Wildman–Crippen MR) is 85.4 cm³/mol. The van der Waals surface area contributed by atoms with Crippen molar-refractivity contribution in [2.75, 3.05) is 44.2 Å². The number of rotatable bonds is 2. The Hall–Kier alpha value is -1.13. The Balaban J connectivity index is 1.59. The van der Waals surface area contributed by atoms with E-state index in [1.807, 2.05) is 13.0 Å². The standard InChI is InChI=1S/C17H26FN3/c1-14-13-15(18)3-4-17(14)21-10-5-16(6-11-21)20-9-2-7-19-8-12-20/h3-4,13,16,19H,2,5-12H2,1H3. The lowest BCUT2D eigenvalue weighted by molar-refractivity contribution is 0.180. The molecule has 0 saturated carbocycles. The highest BCUT2D eigenvalue weighted by Gasteiger charge is 2.25. The van der Waals surface area contributed by atoms with Crippen molar-refractivity contribution in [1.82, 2.24) is 10.2 Å². The third-order valence-corrected chi connectivity index (χ3v) is 4.86. The van der Waals surface area contributed by atoms with Crippen molar-refractivity contribution in [3.63, 3.8) is 0 Å². The van der Waals surface area contributed by atoms with Crippen LogP contribution >= 0.6 is 0 Å². The van der Waals surface area contributed by atoms with E-state index in [0.29, 0.717) is 0 Å². The van der Waals surface area contributed by atoms with Crippen LogP contribution in [0.4, 0.5) is 10.1 Å². The lowest BCUT2D eigenvalue weighted by Gasteiger charge is -2.39. The highest BCUT2D eigenvalue weighted by Crippen LogP contribution is 2.26. The van der Waals surface area contributed by atoms with Gasteiger partial charge in [-0.2, -0.15) is 0 Å². The van der Waals surface area contributed by atoms with Crippen LogP contribution in [0.2, 0.25) is 0 Å². The minimum absolute atomic E-state index is 0.136. The molecular weight excluding hydrogens is 265 g/mol. The van der Waals surface area contributed by atoms with Gasteiger partial charge in [0.1, 0.15) is 5.82 Å². The molecule has 116 valence electrons. The van der Waals surface area contributed by atoms with Crippen molar-refractivity contribution in [3.8, 4) is 0 Å². The third kappa shape index (κ3) is 3.55. The van der Waals surface area contributed by atoms with E-state index in [-0.39, 0.29) is 5.82 Å². The molecule has 0 radical (unpaired) electrons. The number of halogens is 1. The second kappa shape index (κ2) is 6.75. The molecule has 0 amide bonds. The first-order chi connectivity index (χ1) is 10.2. The van der Waals surface area contributed by atoms with Crippen LogP contribution in [0.5, 0.6) is 0 Å². The molecule has 0 aliphatic carbocycles. The molecular formula is C17H26FN3. The fraction of sp³-hybridized carbons (Fsp3) is 0.647. The molecule has 1 aromatic rings. The first-order valence-corrected chi connectivity index (χ1v) is 8.20. The van der Waals surface area contributed by atoms with Crippen LogP contribution in [-0.4, -0.2) is 50.2 Å². The van der Waals surface area contributed by atoms with Crippen LogP contribution in [0, 0.1) is 12.7 Å². The lowest BCUT2D eigenvalue weighted by atomic mass is 10.0. The van der Waals surface area contributed by atoms with Crippen molar-refractivity contribution in [2.24, 2.45) is 0 Å². The van der Waals surface area contributed by atoms with E-state index < -0.39 is 0 Å². The first kappa shape index (κ1) is 14.8. The largest absolute Gasteiger partial charge is 0.371 e. The van der Waals surface area contributed by atoms with Crippen molar-refractivity contribution in [2.45, 2.75) is 32.2 Å². The van der Waals surface area contributed by atoms with E-state index in [1.165, 1.54) is 38.0 Å². The van der Waals surface area contributed by atoms with Gasteiger partial charge in [0.15, 0.2) is 0 Å². The van der Waals surface area contributed by atoms with E-state index in [0.717, 1.165) is 37.8 Å². The maximum Gasteiger partial charge on any atom is 0.123 e. The molecule has 2 saturated heterocycles. The zero-order valence-electron chi connectivity index (χ0n) is 12.9. The fourth-order valence-corrected chi connectivity index (χ4v) is 3.68. The van der Waals surface area contributed by atoms with Crippen LogP contribution in [0.1, 0.15) is 24.8 Å². The number of aryl methyl sites for hydroxylation is 1. The molecule has 4 heteroatoms. The Bertz CT molecular complexity index is 461. The molecule has 0 unspecified atom stereocenters. The highest BCUT2D eigenvalue weighted by molar-refractivity contribution is 5.53. The zero-order valence-corrected chi connectivity index (χ0v) is 12.9. The molecule has 0 bridgehead atoms. The van der Waals surface area contributed by atoms with Gasteiger partial charge in [0.25, 0.3) is 0 Å². The number of hydrogen-bond donors (Lipinski definition) is 1. The summed E-state index contributed by atoms with van der Waals surface area (Å²) in [5, 5.41) is 3.48. The second-order valence-corrected chi connectivity index (χ2v) is 6.29. The molecule has 1 aromatic carbocycles. The summed E-state index contributed by atoms with van der Waals surface area (Å²) in [6.45, 7) is 8.86. The summed E-state index contributed by atoms with van der Waals surface area (Å²) < 4.78 is 13.2. The Morgan fingerprint density at radius 3 is 2.67 bits per heavy atom. The van der Waals surface area contributed by atoms with E-state index in [9.17, 15) is 4.39 Å². The monoisotopic (exact) mass is 291 g/mol. The second-order valence-electron chi connectivity index (χ2n) is 6.29. The van der Waals surface area contributed by atoms with Gasteiger partial charge in [-0.1, -0.05) is 0 Å². The van der Waals surface area contributed by atoms with Gasteiger partial charge in [0, 0.05) is 37.9 Å². The molecule has 0 aromatic heterocycles. The van der Waals surface area contributed by atoms with E-state index >= 15 is 0 Å². The summed E-state index contributed by atoms with van der Waals surface area (Å²) in [5.74, 6) is -0.136. The van der Waals surface area contributed by atoms with E-state index in [2.05, 4.69) is 15.1 Å². The van der Waals surface area contributed by atoms with Gasteiger partial charge in [-0.15, -0.1) is 0 Å². The topological polar surface area (TPSA) is 18.5 Å².